The van der Waals surface area contributed by atoms with Crippen molar-refractivity contribution in [3.63, 3.8) is 0 Å². The molecule has 0 bridgehead atoms. The van der Waals surface area contributed by atoms with Crippen LogP contribution in [0.3, 0.4) is 0 Å². The van der Waals surface area contributed by atoms with Crippen molar-refractivity contribution in [3.8, 4) is 5.75 Å². The van der Waals surface area contributed by atoms with Crippen molar-refractivity contribution in [3.05, 3.63) is 29.3 Å². The van der Waals surface area contributed by atoms with E-state index in [0.717, 1.165) is 18.7 Å². The van der Waals surface area contributed by atoms with E-state index in [4.69, 9.17) is 16.3 Å². The Morgan fingerprint density at radius 3 is 2.94 bits per heavy atom. The summed E-state index contributed by atoms with van der Waals surface area (Å²) in [6.07, 6.45) is 2.68. The second kappa shape index (κ2) is 9.50. The molecule has 0 radical (unpaired) electrons. The van der Waals surface area contributed by atoms with Crippen molar-refractivity contribution >= 4 is 23.4 Å². The van der Waals surface area contributed by atoms with Crippen molar-refractivity contribution in [2.75, 3.05) is 31.7 Å². The fourth-order valence-electron chi connectivity index (χ4n) is 1.42. The highest BCUT2D eigenvalue weighted by Gasteiger charge is 2.06. The molecule has 0 saturated carbocycles. The first-order valence-corrected chi connectivity index (χ1v) is 7.76. The molecule has 0 fully saturated rings. The summed E-state index contributed by atoms with van der Waals surface area (Å²) in [5, 5.41) is 13.5. The largest absolute Gasteiger partial charge is 0.489 e. The Balaban J connectivity index is 2.13. The Bertz CT molecular complexity index is 339. The molecule has 0 aromatic heterocycles. The third-order valence-electron chi connectivity index (χ3n) is 2.35. The van der Waals surface area contributed by atoms with Crippen molar-refractivity contribution in [2.45, 2.75) is 12.5 Å². The fourth-order valence-corrected chi connectivity index (χ4v) is 2.04. The van der Waals surface area contributed by atoms with E-state index in [0.29, 0.717) is 17.3 Å². The number of aliphatic hydroxyl groups excluding tert-OH is 1. The monoisotopic (exact) mass is 289 g/mol. The van der Waals surface area contributed by atoms with Gasteiger partial charge in [-0.2, -0.15) is 11.8 Å². The zero-order valence-electron chi connectivity index (χ0n) is 10.6. The molecule has 1 aromatic carbocycles. The van der Waals surface area contributed by atoms with E-state index in [-0.39, 0.29) is 6.61 Å². The van der Waals surface area contributed by atoms with E-state index in [1.165, 1.54) is 0 Å². The Labute approximate surface area is 118 Å². The number of hydrogen-bond donors (Lipinski definition) is 2. The standard InChI is InChI=1S/C13H20ClNO2S/c1-18-8-4-7-15-9-11(16)10-17-13-6-3-2-5-12(13)14/h2-3,5-6,11,15-16H,4,7-10H2,1H3. The first-order chi connectivity index (χ1) is 8.74. The zero-order valence-corrected chi connectivity index (χ0v) is 12.1. The Morgan fingerprint density at radius 1 is 1.44 bits per heavy atom. The summed E-state index contributed by atoms with van der Waals surface area (Å²) in [7, 11) is 0. The third-order valence-corrected chi connectivity index (χ3v) is 3.36. The highest BCUT2D eigenvalue weighted by Crippen LogP contribution is 2.22. The van der Waals surface area contributed by atoms with Gasteiger partial charge < -0.3 is 15.2 Å². The molecular formula is C13H20ClNO2S. The van der Waals surface area contributed by atoms with E-state index in [2.05, 4.69) is 11.6 Å². The molecule has 1 unspecified atom stereocenters. The summed E-state index contributed by atoms with van der Waals surface area (Å²) in [6.45, 7) is 1.71. The highest BCUT2D eigenvalue weighted by molar-refractivity contribution is 7.98. The van der Waals surface area contributed by atoms with Crippen LogP contribution in [0, 0.1) is 0 Å². The zero-order chi connectivity index (χ0) is 13.2. The first-order valence-electron chi connectivity index (χ1n) is 5.99. The van der Waals surface area contributed by atoms with Crippen LogP contribution in [0.1, 0.15) is 6.42 Å². The third kappa shape index (κ3) is 6.50. The number of halogens is 1. The molecule has 0 amide bonds. The van der Waals surface area contributed by atoms with Gasteiger partial charge in [-0.3, -0.25) is 0 Å². The Morgan fingerprint density at radius 2 is 2.22 bits per heavy atom. The van der Waals surface area contributed by atoms with Gasteiger partial charge in [0.05, 0.1) is 5.02 Å². The van der Waals surface area contributed by atoms with E-state index >= 15 is 0 Å². The molecule has 0 spiro atoms. The highest BCUT2D eigenvalue weighted by atomic mass is 35.5. The van der Waals surface area contributed by atoms with Crippen molar-refractivity contribution in [1.82, 2.24) is 5.32 Å². The lowest BCUT2D eigenvalue weighted by molar-refractivity contribution is 0.106. The second-order valence-electron chi connectivity index (χ2n) is 3.95. The molecule has 18 heavy (non-hydrogen) atoms. The number of para-hydroxylation sites is 1. The van der Waals surface area contributed by atoms with Gasteiger partial charge in [0.2, 0.25) is 0 Å². The summed E-state index contributed by atoms with van der Waals surface area (Å²) in [4.78, 5) is 0. The van der Waals surface area contributed by atoms with Gasteiger partial charge in [-0.1, -0.05) is 23.7 Å². The number of aliphatic hydroxyl groups is 1. The minimum atomic E-state index is -0.518. The molecule has 1 atom stereocenters. The van der Waals surface area contributed by atoms with E-state index < -0.39 is 6.10 Å². The SMILES string of the molecule is CSCCCNCC(O)COc1ccccc1Cl. The summed E-state index contributed by atoms with van der Waals surface area (Å²) in [5.41, 5.74) is 0. The van der Waals surface area contributed by atoms with Crippen molar-refractivity contribution in [2.24, 2.45) is 0 Å². The molecule has 0 heterocycles. The van der Waals surface area contributed by atoms with Gasteiger partial charge in [0, 0.05) is 6.54 Å². The molecule has 2 N–H and O–H groups in total. The normalized spacial score (nSPS) is 12.4. The predicted molar refractivity (Wildman–Crippen MR) is 78.8 cm³/mol. The topological polar surface area (TPSA) is 41.5 Å². The number of benzene rings is 1. The number of rotatable bonds is 9. The summed E-state index contributed by atoms with van der Waals surface area (Å²) in [6, 6.07) is 7.26. The summed E-state index contributed by atoms with van der Waals surface area (Å²) < 4.78 is 5.45. The lowest BCUT2D eigenvalue weighted by atomic mass is 10.3. The van der Waals surface area contributed by atoms with Gasteiger partial charge in [0.25, 0.3) is 0 Å². The summed E-state index contributed by atoms with van der Waals surface area (Å²) >= 11 is 7.77. The number of ether oxygens (including phenoxy) is 1. The van der Waals surface area contributed by atoms with Gasteiger partial charge >= 0.3 is 0 Å². The van der Waals surface area contributed by atoms with E-state index in [9.17, 15) is 5.11 Å². The lowest BCUT2D eigenvalue weighted by Crippen LogP contribution is -2.32. The molecule has 102 valence electrons. The van der Waals surface area contributed by atoms with Crippen LogP contribution in [0.25, 0.3) is 0 Å². The van der Waals surface area contributed by atoms with Crippen LogP contribution in [-0.2, 0) is 0 Å². The van der Waals surface area contributed by atoms with Crippen LogP contribution in [0.15, 0.2) is 24.3 Å². The molecule has 0 aliphatic heterocycles. The van der Waals surface area contributed by atoms with Crippen LogP contribution in [-0.4, -0.2) is 42.9 Å². The van der Waals surface area contributed by atoms with E-state index in [1.807, 2.05) is 23.9 Å². The van der Waals surface area contributed by atoms with E-state index in [1.54, 1.807) is 12.1 Å². The van der Waals surface area contributed by atoms with Crippen LogP contribution >= 0.6 is 23.4 Å². The fraction of sp³-hybridized carbons (Fsp3) is 0.538. The molecule has 0 saturated heterocycles. The number of thioether (sulfide) groups is 1. The molecule has 1 rings (SSSR count). The smallest absolute Gasteiger partial charge is 0.138 e. The molecule has 0 aliphatic rings. The second-order valence-corrected chi connectivity index (χ2v) is 5.34. The van der Waals surface area contributed by atoms with Gasteiger partial charge in [0.15, 0.2) is 0 Å². The minimum Gasteiger partial charge on any atom is -0.489 e. The Hall–Kier alpha value is -0.420. The van der Waals surface area contributed by atoms with Gasteiger partial charge in [0.1, 0.15) is 18.5 Å². The van der Waals surface area contributed by atoms with Gasteiger partial charge in [-0.15, -0.1) is 0 Å². The average molecular weight is 290 g/mol. The maximum Gasteiger partial charge on any atom is 0.138 e. The molecular weight excluding hydrogens is 270 g/mol. The van der Waals surface area contributed by atoms with Crippen molar-refractivity contribution in [1.29, 1.82) is 0 Å². The maximum absolute atomic E-state index is 9.72. The lowest BCUT2D eigenvalue weighted by Gasteiger charge is -2.13. The summed E-state index contributed by atoms with van der Waals surface area (Å²) in [5.74, 6) is 1.75. The average Bonchev–Trinajstić information content (AvgIpc) is 2.37. The van der Waals surface area contributed by atoms with Crippen LogP contribution in [0.5, 0.6) is 5.75 Å². The van der Waals surface area contributed by atoms with Gasteiger partial charge in [-0.05, 0) is 37.1 Å². The molecule has 3 nitrogen and oxygen atoms in total. The minimum absolute atomic E-state index is 0.249. The van der Waals surface area contributed by atoms with Crippen molar-refractivity contribution < 1.29 is 9.84 Å². The van der Waals surface area contributed by atoms with Crippen LogP contribution in [0.2, 0.25) is 5.02 Å². The molecule has 1 aromatic rings. The first kappa shape index (κ1) is 15.6. The van der Waals surface area contributed by atoms with Crippen LogP contribution < -0.4 is 10.1 Å². The predicted octanol–water partition coefficient (Wildman–Crippen LogP) is 2.42. The Kier molecular flexibility index (Phi) is 8.25. The molecule has 5 heteroatoms. The number of hydrogen-bond acceptors (Lipinski definition) is 4. The van der Waals surface area contributed by atoms with Gasteiger partial charge in [-0.25, -0.2) is 0 Å². The molecule has 0 aliphatic carbocycles. The van der Waals surface area contributed by atoms with Crippen LogP contribution in [0.4, 0.5) is 0 Å². The quantitative estimate of drug-likeness (QED) is 0.685. The maximum atomic E-state index is 9.72. The number of nitrogens with one attached hydrogen (secondary N) is 1.